The fourth-order valence-electron chi connectivity index (χ4n) is 3.50. The summed E-state index contributed by atoms with van der Waals surface area (Å²) in [4.78, 5) is 25.0. The van der Waals surface area contributed by atoms with E-state index >= 15 is 0 Å². The van der Waals surface area contributed by atoms with Crippen LogP contribution in [-0.4, -0.2) is 71.0 Å². The summed E-state index contributed by atoms with van der Waals surface area (Å²) in [7, 11) is 0. The monoisotopic (exact) mass is 464 g/mol. The maximum absolute atomic E-state index is 12.4. The smallest absolute Gasteiger partial charge is 0.241 e. The Hall–Kier alpha value is -3.95. The Morgan fingerprint density at radius 3 is 2.65 bits per heavy atom. The molecule has 1 fully saturated rings. The molecule has 2 aromatic heterocycles. The van der Waals surface area contributed by atoms with Crippen LogP contribution in [0.25, 0.3) is 0 Å². The molecule has 3 rings (SSSR count). The lowest BCUT2D eigenvalue weighted by atomic mass is 10.0. The average Bonchev–Trinajstić information content (AvgIpc) is 2.82. The van der Waals surface area contributed by atoms with Crippen LogP contribution in [0.3, 0.4) is 0 Å². The molecule has 3 heterocycles. The number of aromatic nitrogens is 2. The highest BCUT2D eigenvalue weighted by atomic mass is 16.5. The number of hydrogen-bond acceptors (Lipinski definition) is 9. The lowest BCUT2D eigenvalue weighted by Gasteiger charge is -2.35. The van der Waals surface area contributed by atoms with Gasteiger partial charge in [0, 0.05) is 55.3 Å². The second-order valence-corrected chi connectivity index (χ2v) is 8.32. The molecule has 0 atom stereocenters. The summed E-state index contributed by atoms with van der Waals surface area (Å²) in [5, 5.41) is 19.0. The molecule has 10 nitrogen and oxygen atoms in total. The number of nitrogens with one attached hydrogen (secondary N) is 3. The molecule has 0 saturated carbocycles. The molecular weight excluding hydrogens is 432 g/mol. The number of anilines is 2. The Balaban J connectivity index is 1.64. The van der Waals surface area contributed by atoms with Crippen LogP contribution in [0, 0.1) is 10.8 Å². The van der Waals surface area contributed by atoms with Gasteiger partial charge in [-0.25, -0.2) is 9.97 Å². The zero-order valence-electron chi connectivity index (χ0n) is 19.8. The number of nitrogen functional groups attached to an aromatic ring is 1. The van der Waals surface area contributed by atoms with Crippen molar-refractivity contribution in [2.75, 3.05) is 43.4 Å². The van der Waals surface area contributed by atoms with Gasteiger partial charge in [0.2, 0.25) is 11.8 Å². The maximum atomic E-state index is 12.4. The van der Waals surface area contributed by atoms with E-state index < -0.39 is 0 Å². The summed E-state index contributed by atoms with van der Waals surface area (Å²) in [5.74, 6) is 1.20. The van der Waals surface area contributed by atoms with Crippen molar-refractivity contribution in [1.82, 2.24) is 20.2 Å². The van der Waals surface area contributed by atoms with E-state index in [0.717, 1.165) is 5.82 Å². The number of piperazine rings is 1. The predicted molar refractivity (Wildman–Crippen MR) is 134 cm³/mol. The number of carbonyl (C=O) groups is 1. The fraction of sp³-hybridized carbons (Fsp3) is 0.375. The molecule has 0 radical (unpaired) electrons. The van der Waals surface area contributed by atoms with E-state index in [2.05, 4.69) is 20.2 Å². The van der Waals surface area contributed by atoms with Gasteiger partial charge in [-0.05, 0) is 45.2 Å². The standard InChI is InChI=1S/C24H32N8O2/c1-16(2)34-22-13-19(20(26)14-30-22)24(27)18-5-7-29-21(12-18)31-8-10-32(11-9-31)23(33)15-28-6-4-17(3)25/h4-7,12-14,16,25,27-28H,8-11,15,26H2,1-3H3/b6-4-,25-17?,27-24?. The van der Waals surface area contributed by atoms with E-state index in [-0.39, 0.29) is 24.3 Å². The van der Waals surface area contributed by atoms with Gasteiger partial charge in [0.25, 0.3) is 0 Å². The van der Waals surface area contributed by atoms with E-state index in [1.165, 1.54) is 6.20 Å². The third-order valence-corrected chi connectivity index (χ3v) is 5.23. The van der Waals surface area contributed by atoms with Crippen LogP contribution in [0.4, 0.5) is 11.5 Å². The molecule has 0 aliphatic carbocycles. The number of allylic oxidation sites excluding steroid dienone is 1. The second kappa shape index (κ2) is 11.3. The molecule has 1 amide bonds. The highest BCUT2D eigenvalue weighted by Crippen LogP contribution is 2.23. The number of nitrogens with two attached hydrogens (primary N) is 1. The molecule has 5 N–H and O–H groups in total. The largest absolute Gasteiger partial charge is 0.475 e. The molecule has 0 aromatic carbocycles. The lowest BCUT2D eigenvalue weighted by molar-refractivity contribution is -0.130. The molecule has 1 aliphatic heterocycles. The second-order valence-electron chi connectivity index (χ2n) is 8.32. The number of amides is 1. The summed E-state index contributed by atoms with van der Waals surface area (Å²) >= 11 is 0. The summed E-state index contributed by atoms with van der Waals surface area (Å²) < 4.78 is 5.65. The van der Waals surface area contributed by atoms with E-state index in [9.17, 15) is 4.79 Å². The number of carbonyl (C=O) groups excluding carboxylic acids is 1. The fourth-order valence-corrected chi connectivity index (χ4v) is 3.50. The first-order chi connectivity index (χ1) is 16.2. The highest BCUT2D eigenvalue weighted by molar-refractivity contribution is 6.14. The Labute approximate surface area is 199 Å². The van der Waals surface area contributed by atoms with Gasteiger partial charge in [0.1, 0.15) is 5.82 Å². The van der Waals surface area contributed by atoms with Crippen molar-refractivity contribution in [3.8, 4) is 5.88 Å². The Morgan fingerprint density at radius 1 is 1.24 bits per heavy atom. The lowest BCUT2D eigenvalue weighted by Crippen LogP contribution is -2.50. The van der Waals surface area contributed by atoms with Crippen molar-refractivity contribution >= 4 is 28.8 Å². The molecule has 0 spiro atoms. The number of rotatable bonds is 9. The minimum Gasteiger partial charge on any atom is -0.475 e. The van der Waals surface area contributed by atoms with Gasteiger partial charge in [-0.2, -0.15) is 0 Å². The van der Waals surface area contributed by atoms with Gasteiger partial charge in [0.15, 0.2) is 0 Å². The van der Waals surface area contributed by atoms with Crippen LogP contribution in [0.1, 0.15) is 31.9 Å². The molecule has 0 bridgehead atoms. The molecule has 0 unspecified atom stereocenters. The number of hydrogen-bond donors (Lipinski definition) is 4. The minimum absolute atomic E-state index is 0.0167. The van der Waals surface area contributed by atoms with E-state index in [1.807, 2.05) is 24.8 Å². The van der Waals surface area contributed by atoms with Gasteiger partial charge in [0.05, 0.1) is 30.2 Å². The molecular formula is C24H32N8O2. The van der Waals surface area contributed by atoms with Crippen molar-refractivity contribution in [1.29, 1.82) is 10.8 Å². The van der Waals surface area contributed by atoms with Gasteiger partial charge in [-0.3, -0.25) is 10.2 Å². The number of pyridine rings is 2. The van der Waals surface area contributed by atoms with Crippen LogP contribution >= 0.6 is 0 Å². The Bertz CT molecular complexity index is 1070. The van der Waals surface area contributed by atoms with Crippen LogP contribution < -0.4 is 20.7 Å². The van der Waals surface area contributed by atoms with E-state index in [1.54, 1.807) is 37.5 Å². The van der Waals surface area contributed by atoms with Crippen molar-refractivity contribution in [2.45, 2.75) is 26.9 Å². The average molecular weight is 465 g/mol. The van der Waals surface area contributed by atoms with Crippen LogP contribution in [0.2, 0.25) is 0 Å². The predicted octanol–water partition coefficient (Wildman–Crippen LogP) is 2.05. The van der Waals surface area contributed by atoms with Crippen molar-refractivity contribution in [3.05, 3.63) is 54.0 Å². The van der Waals surface area contributed by atoms with Gasteiger partial charge in [-0.15, -0.1) is 0 Å². The van der Waals surface area contributed by atoms with Crippen molar-refractivity contribution in [3.63, 3.8) is 0 Å². The third-order valence-electron chi connectivity index (χ3n) is 5.23. The van der Waals surface area contributed by atoms with E-state index in [0.29, 0.717) is 54.6 Å². The molecule has 1 aliphatic rings. The minimum atomic E-state index is -0.0329. The normalized spacial score (nSPS) is 13.9. The SMILES string of the molecule is CC(=N)/C=C\NCC(=O)N1CCN(c2cc(C(=N)c3cc(OC(C)C)ncc3N)ccn2)CC1. The maximum Gasteiger partial charge on any atom is 0.241 e. The summed E-state index contributed by atoms with van der Waals surface area (Å²) in [6, 6.07) is 5.34. The van der Waals surface area contributed by atoms with Crippen LogP contribution in [-0.2, 0) is 4.79 Å². The first kappa shape index (κ1) is 24.7. The summed E-state index contributed by atoms with van der Waals surface area (Å²) in [6.45, 7) is 8.17. The molecule has 10 heteroatoms. The topological polar surface area (TPSA) is 144 Å². The number of nitrogens with zero attached hydrogens (tertiary/aromatic N) is 4. The Kier molecular flexibility index (Phi) is 8.18. The molecule has 2 aromatic rings. The molecule has 34 heavy (non-hydrogen) atoms. The first-order valence-corrected chi connectivity index (χ1v) is 11.2. The van der Waals surface area contributed by atoms with E-state index in [4.69, 9.17) is 21.3 Å². The Morgan fingerprint density at radius 2 is 1.97 bits per heavy atom. The highest BCUT2D eigenvalue weighted by Gasteiger charge is 2.22. The zero-order chi connectivity index (χ0) is 24.7. The van der Waals surface area contributed by atoms with Crippen LogP contribution in [0.5, 0.6) is 5.88 Å². The third kappa shape index (κ3) is 6.53. The number of ether oxygens (including phenoxy) is 1. The molecule has 1 saturated heterocycles. The van der Waals surface area contributed by atoms with Gasteiger partial charge in [-0.1, -0.05) is 0 Å². The quantitative estimate of drug-likeness (QED) is 0.416. The van der Waals surface area contributed by atoms with Crippen LogP contribution in [0.15, 0.2) is 42.9 Å². The van der Waals surface area contributed by atoms with Gasteiger partial charge < -0.3 is 31.0 Å². The van der Waals surface area contributed by atoms with Crippen molar-refractivity contribution in [2.24, 2.45) is 0 Å². The zero-order valence-corrected chi connectivity index (χ0v) is 19.8. The molecule has 180 valence electrons. The summed E-state index contributed by atoms with van der Waals surface area (Å²) in [5.41, 5.74) is 8.44. The van der Waals surface area contributed by atoms with Gasteiger partial charge >= 0.3 is 0 Å². The first-order valence-electron chi connectivity index (χ1n) is 11.2. The van der Waals surface area contributed by atoms with Crippen molar-refractivity contribution < 1.29 is 9.53 Å². The summed E-state index contributed by atoms with van der Waals surface area (Å²) in [6.07, 6.45) is 6.39.